The van der Waals surface area contributed by atoms with Gasteiger partial charge in [0.15, 0.2) is 0 Å². The molecule has 4 heteroatoms. The van der Waals surface area contributed by atoms with Gasteiger partial charge in [-0.25, -0.2) is 0 Å². The van der Waals surface area contributed by atoms with E-state index in [1.807, 2.05) is 0 Å². The SMILES string of the molecule is NC(CCN1CCCCCC1)C(=O)O. The standard InChI is InChI=1S/C10H20N2O2/c11-9(10(13)14)5-8-12-6-3-1-2-4-7-12/h9H,1-8,11H2,(H,13,14). The van der Waals surface area contributed by atoms with Gasteiger partial charge < -0.3 is 15.7 Å². The van der Waals surface area contributed by atoms with Crippen LogP contribution in [0.5, 0.6) is 0 Å². The number of aliphatic carboxylic acids is 1. The van der Waals surface area contributed by atoms with Gasteiger partial charge in [0, 0.05) is 6.54 Å². The fourth-order valence-corrected chi connectivity index (χ4v) is 1.80. The molecule has 0 radical (unpaired) electrons. The van der Waals surface area contributed by atoms with E-state index in [0.717, 1.165) is 19.6 Å². The average Bonchev–Trinajstić information content (AvgIpc) is 2.42. The van der Waals surface area contributed by atoms with Crippen LogP contribution in [0.1, 0.15) is 32.1 Å². The molecule has 0 amide bonds. The minimum Gasteiger partial charge on any atom is -0.480 e. The Kier molecular flexibility index (Phi) is 4.90. The summed E-state index contributed by atoms with van der Waals surface area (Å²) in [5.41, 5.74) is 5.45. The van der Waals surface area contributed by atoms with Crippen LogP contribution in [0.15, 0.2) is 0 Å². The van der Waals surface area contributed by atoms with Gasteiger partial charge in [-0.2, -0.15) is 0 Å². The second-order valence-corrected chi connectivity index (χ2v) is 3.99. The number of nitrogens with zero attached hydrogens (tertiary/aromatic N) is 1. The summed E-state index contributed by atoms with van der Waals surface area (Å²) in [6, 6.07) is -0.696. The number of likely N-dealkylation sites (tertiary alicyclic amines) is 1. The summed E-state index contributed by atoms with van der Waals surface area (Å²) in [6.45, 7) is 3.03. The molecule has 82 valence electrons. The zero-order valence-corrected chi connectivity index (χ0v) is 8.61. The molecular formula is C10H20N2O2. The normalized spacial score (nSPS) is 21.5. The quantitative estimate of drug-likeness (QED) is 0.699. The molecule has 1 rings (SSSR count). The third kappa shape index (κ3) is 4.07. The molecule has 3 N–H and O–H groups in total. The summed E-state index contributed by atoms with van der Waals surface area (Å²) in [7, 11) is 0. The third-order valence-electron chi connectivity index (χ3n) is 2.77. The summed E-state index contributed by atoms with van der Waals surface area (Å²) < 4.78 is 0. The van der Waals surface area contributed by atoms with Gasteiger partial charge in [0.05, 0.1) is 0 Å². The molecule has 1 heterocycles. The van der Waals surface area contributed by atoms with E-state index in [1.54, 1.807) is 0 Å². The number of carbonyl (C=O) groups is 1. The first kappa shape index (κ1) is 11.5. The molecule has 1 aliphatic rings. The summed E-state index contributed by atoms with van der Waals surface area (Å²) in [5.74, 6) is -0.889. The van der Waals surface area contributed by atoms with Crippen molar-refractivity contribution in [3.05, 3.63) is 0 Å². The molecule has 1 atom stereocenters. The predicted octanol–water partition coefficient (Wildman–Crippen LogP) is 0.664. The van der Waals surface area contributed by atoms with Crippen LogP contribution in [0.4, 0.5) is 0 Å². The number of hydrogen-bond acceptors (Lipinski definition) is 3. The second kappa shape index (κ2) is 5.98. The maximum Gasteiger partial charge on any atom is 0.320 e. The van der Waals surface area contributed by atoms with Crippen LogP contribution < -0.4 is 5.73 Å². The molecule has 0 bridgehead atoms. The molecule has 0 aromatic carbocycles. The monoisotopic (exact) mass is 200 g/mol. The maximum atomic E-state index is 10.5. The Morgan fingerprint density at radius 2 is 1.86 bits per heavy atom. The maximum absolute atomic E-state index is 10.5. The van der Waals surface area contributed by atoms with E-state index >= 15 is 0 Å². The molecule has 0 aliphatic carbocycles. The lowest BCUT2D eigenvalue weighted by atomic mass is 10.2. The van der Waals surface area contributed by atoms with Crippen molar-refractivity contribution < 1.29 is 9.90 Å². The molecule has 0 aromatic rings. The lowest BCUT2D eigenvalue weighted by Crippen LogP contribution is -2.35. The van der Waals surface area contributed by atoms with E-state index in [2.05, 4.69) is 4.90 Å². The summed E-state index contributed by atoms with van der Waals surface area (Å²) >= 11 is 0. The van der Waals surface area contributed by atoms with Crippen molar-refractivity contribution in [3.8, 4) is 0 Å². The van der Waals surface area contributed by atoms with E-state index in [1.165, 1.54) is 25.7 Å². The average molecular weight is 200 g/mol. The highest BCUT2D eigenvalue weighted by atomic mass is 16.4. The molecule has 1 saturated heterocycles. The van der Waals surface area contributed by atoms with E-state index in [-0.39, 0.29) is 0 Å². The zero-order chi connectivity index (χ0) is 10.4. The van der Waals surface area contributed by atoms with Gasteiger partial charge in [0.25, 0.3) is 0 Å². The van der Waals surface area contributed by atoms with Gasteiger partial charge in [0.1, 0.15) is 6.04 Å². The van der Waals surface area contributed by atoms with Gasteiger partial charge in [-0.15, -0.1) is 0 Å². The highest BCUT2D eigenvalue weighted by Gasteiger charge is 2.14. The van der Waals surface area contributed by atoms with Crippen molar-refractivity contribution >= 4 is 5.97 Å². The first-order valence-corrected chi connectivity index (χ1v) is 5.41. The van der Waals surface area contributed by atoms with Crippen LogP contribution in [0.2, 0.25) is 0 Å². The summed E-state index contributed by atoms with van der Waals surface area (Å²) in [4.78, 5) is 12.8. The minimum atomic E-state index is -0.889. The van der Waals surface area contributed by atoms with Crippen LogP contribution in [0.25, 0.3) is 0 Å². The highest BCUT2D eigenvalue weighted by molar-refractivity contribution is 5.72. The van der Waals surface area contributed by atoms with Crippen molar-refractivity contribution in [3.63, 3.8) is 0 Å². The predicted molar refractivity (Wildman–Crippen MR) is 55.1 cm³/mol. The summed E-state index contributed by atoms with van der Waals surface area (Å²) in [5, 5.41) is 8.62. The Morgan fingerprint density at radius 1 is 1.29 bits per heavy atom. The van der Waals surface area contributed by atoms with Gasteiger partial charge in [-0.05, 0) is 32.4 Å². The Bertz CT molecular complexity index is 177. The lowest BCUT2D eigenvalue weighted by molar-refractivity contribution is -0.138. The molecule has 0 aromatic heterocycles. The number of carboxylic acids is 1. The van der Waals surface area contributed by atoms with Gasteiger partial charge in [-0.3, -0.25) is 4.79 Å². The number of hydrogen-bond donors (Lipinski definition) is 2. The fraction of sp³-hybridized carbons (Fsp3) is 0.900. The second-order valence-electron chi connectivity index (χ2n) is 3.99. The van der Waals surface area contributed by atoms with E-state index < -0.39 is 12.0 Å². The molecule has 1 fully saturated rings. The molecule has 4 nitrogen and oxygen atoms in total. The topological polar surface area (TPSA) is 66.6 Å². The number of carboxylic acid groups (broad SMARTS) is 1. The molecule has 1 aliphatic heterocycles. The van der Waals surface area contributed by atoms with Crippen molar-refractivity contribution in [2.45, 2.75) is 38.1 Å². The Balaban J connectivity index is 2.18. The first-order chi connectivity index (χ1) is 6.70. The summed E-state index contributed by atoms with van der Waals surface area (Å²) in [6.07, 6.45) is 5.66. The van der Waals surface area contributed by atoms with E-state index in [9.17, 15) is 4.79 Å². The third-order valence-corrected chi connectivity index (χ3v) is 2.77. The van der Waals surface area contributed by atoms with Crippen molar-refractivity contribution in [2.75, 3.05) is 19.6 Å². The Labute approximate surface area is 85.1 Å². The van der Waals surface area contributed by atoms with E-state index in [4.69, 9.17) is 10.8 Å². The molecule has 0 spiro atoms. The van der Waals surface area contributed by atoms with Crippen LogP contribution in [0.3, 0.4) is 0 Å². The lowest BCUT2D eigenvalue weighted by Gasteiger charge is -2.20. The van der Waals surface area contributed by atoms with Crippen LogP contribution in [-0.4, -0.2) is 41.7 Å². The van der Waals surface area contributed by atoms with Crippen molar-refractivity contribution in [1.82, 2.24) is 4.90 Å². The van der Waals surface area contributed by atoms with Crippen LogP contribution in [0, 0.1) is 0 Å². The number of rotatable bonds is 4. The fourth-order valence-electron chi connectivity index (χ4n) is 1.80. The molecule has 0 saturated carbocycles. The minimum absolute atomic E-state index is 0.565. The smallest absolute Gasteiger partial charge is 0.320 e. The Morgan fingerprint density at radius 3 is 2.36 bits per heavy atom. The first-order valence-electron chi connectivity index (χ1n) is 5.41. The molecule has 1 unspecified atom stereocenters. The zero-order valence-electron chi connectivity index (χ0n) is 8.61. The van der Waals surface area contributed by atoms with Gasteiger partial charge in [-0.1, -0.05) is 12.8 Å². The van der Waals surface area contributed by atoms with Crippen LogP contribution >= 0.6 is 0 Å². The number of nitrogens with two attached hydrogens (primary N) is 1. The van der Waals surface area contributed by atoms with Crippen molar-refractivity contribution in [2.24, 2.45) is 5.73 Å². The largest absolute Gasteiger partial charge is 0.480 e. The molecular weight excluding hydrogens is 180 g/mol. The van der Waals surface area contributed by atoms with Crippen LogP contribution in [-0.2, 0) is 4.79 Å². The highest BCUT2D eigenvalue weighted by Crippen LogP contribution is 2.09. The van der Waals surface area contributed by atoms with Crippen molar-refractivity contribution in [1.29, 1.82) is 0 Å². The molecule has 14 heavy (non-hydrogen) atoms. The van der Waals surface area contributed by atoms with E-state index in [0.29, 0.717) is 6.42 Å². The van der Waals surface area contributed by atoms with Gasteiger partial charge >= 0.3 is 5.97 Å². The Hall–Kier alpha value is -0.610. The van der Waals surface area contributed by atoms with Gasteiger partial charge in [0.2, 0.25) is 0 Å².